The molecule has 0 aliphatic heterocycles. The van der Waals surface area contributed by atoms with Gasteiger partial charge >= 0.3 is 0 Å². The van der Waals surface area contributed by atoms with Crippen molar-refractivity contribution in [1.29, 1.82) is 5.26 Å². The Balaban J connectivity index is 2.49. The van der Waals surface area contributed by atoms with Gasteiger partial charge in [0.15, 0.2) is 17.3 Å². The monoisotopic (exact) mass is 339 g/mol. The number of nitriles is 1. The number of H-pyrrole nitrogens is 1. The molecule has 0 spiro atoms. The van der Waals surface area contributed by atoms with E-state index >= 15 is 0 Å². The van der Waals surface area contributed by atoms with Gasteiger partial charge in [-0.05, 0) is 24.3 Å². The zero-order valence-corrected chi connectivity index (χ0v) is 15.0. The summed E-state index contributed by atoms with van der Waals surface area (Å²) >= 11 is 0. The maximum absolute atomic E-state index is 12.4. The van der Waals surface area contributed by atoms with Gasteiger partial charge in [0.25, 0.3) is 0 Å². The fourth-order valence-electron chi connectivity index (χ4n) is 2.34. The minimum absolute atomic E-state index is 0.0932. The van der Waals surface area contributed by atoms with E-state index in [9.17, 15) is 10.1 Å². The van der Waals surface area contributed by atoms with E-state index in [4.69, 9.17) is 9.47 Å². The number of hydrogen-bond acceptors (Lipinski definition) is 5. The second-order valence-corrected chi connectivity index (χ2v) is 6.52. The molecule has 1 aromatic heterocycles. The lowest BCUT2D eigenvalue weighted by Crippen LogP contribution is -2.21. The van der Waals surface area contributed by atoms with Gasteiger partial charge in [-0.15, -0.1) is 0 Å². The van der Waals surface area contributed by atoms with Crippen LogP contribution in [-0.2, 0) is 4.79 Å². The molecule has 2 aromatic rings. The quantitative estimate of drug-likeness (QED) is 0.664. The van der Waals surface area contributed by atoms with Gasteiger partial charge in [-0.2, -0.15) is 10.4 Å². The lowest BCUT2D eigenvalue weighted by Gasteiger charge is -2.15. The maximum Gasteiger partial charge on any atom is 0.178 e. The summed E-state index contributed by atoms with van der Waals surface area (Å²) in [7, 11) is 3.13. The molecule has 0 amide bonds. The molecule has 0 aliphatic carbocycles. The van der Waals surface area contributed by atoms with Crippen LogP contribution in [0.2, 0.25) is 0 Å². The Hall–Kier alpha value is -3.07. The molecule has 0 atom stereocenters. The molecule has 2 rings (SSSR count). The van der Waals surface area contributed by atoms with Crippen LogP contribution in [0.25, 0.3) is 17.3 Å². The van der Waals surface area contributed by atoms with E-state index in [1.165, 1.54) is 0 Å². The third-order valence-corrected chi connectivity index (χ3v) is 3.69. The molecule has 0 unspecified atom stereocenters. The van der Waals surface area contributed by atoms with Crippen molar-refractivity contribution in [3.63, 3.8) is 0 Å². The highest BCUT2D eigenvalue weighted by molar-refractivity contribution is 6.06. The molecule has 1 N–H and O–H groups in total. The molecule has 0 radical (unpaired) electrons. The Labute approximate surface area is 147 Å². The molecule has 6 nitrogen and oxygen atoms in total. The van der Waals surface area contributed by atoms with Crippen LogP contribution in [0.15, 0.2) is 30.0 Å². The summed E-state index contributed by atoms with van der Waals surface area (Å²) in [6.07, 6.45) is 3.14. The topological polar surface area (TPSA) is 88.0 Å². The van der Waals surface area contributed by atoms with Crippen molar-refractivity contribution in [2.75, 3.05) is 14.2 Å². The van der Waals surface area contributed by atoms with Crippen molar-refractivity contribution in [1.82, 2.24) is 10.2 Å². The van der Waals surface area contributed by atoms with Gasteiger partial charge in [0.1, 0.15) is 6.07 Å². The number of rotatable bonds is 5. The maximum atomic E-state index is 12.4. The smallest absolute Gasteiger partial charge is 0.178 e. The number of benzene rings is 1. The largest absolute Gasteiger partial charge is 0.493 e. The van der Waals surface area contributed by atoms with E-state index in [0.717, 1.165) is 5.56 Å². The summed E-state index contributed by atoms with van der Waals surface area (Å²) in [6.45, 7) is 5.35. The van der Waals surface area contributed by atoms with Gasteiger partial charge in [0.2, 0.25) is 0 Å². The van der Waals surface area contributed by atoms with Gasteiger partial charge < -0.3 is 9.47 Å². The second kappa shape index (κ2) is 7.22. The highest BCUT2D eigenvalue weighted by atomic mass is 16.5. The SMILES string of the molecule is COc1ccc(-c2[nH]ncc2C=C(C#N)C(=O)C(C)(C)C)cc1OC. The van der Waals surface area contributed by atoms with Gasteiger partial charge in [-0.25, -0.2) is 0 Å². The van der Waals surface area contributed by atoms with Crippen LogP contribution >= 0.6 is 0 Å². The summed E-state index contributed by atoms with van der Waals surface area (Å²) < 4.78 is 10.6. The van der Waals surface area contributed by atoms with Crippen molar-refractivity contribution in [2.24, 2.45) is 5.41 Å². The predicted octanol–water partition coefficient (Wildman–Crippen LogP) is 3.62. The zero-order chi connectivity index (χ0) is 18.6. The first-order valence-corrected chi connectivity index (χ1v) is 7.74. The molecule has 0 aliphatic rings. The molecule has 1 aromatic carbocycles. The standard InChI is InChI=1S/C19H21N3O3/c1-19(2,3)18(23)13(10-20)8-14-11-21-22-17(14)12-6-7-15(24-4)16(9-12)25-5/h6-9,11H,1-5H3,(H,21,22). The zero-order valence-electron chi connectivity index (χ0n) is 15.0. The van der Waals surface area contributed by atoms with Crippen molar-refractivity contribution < 1.29 is 14.3 Å². The third kappa shape index (κ3) is 3.89. The first-order chi connectivity index (χ1) is 11.8. The number of aromatic nitrogens is 2. The van der Waals surface area contributed by atoms with Gasteiger partial charge in [0.05, 0.1) is 31.7 Å². The summed E-state index contributed by atoms with van der Waals surface area (Å²) in [5.74, 6) is 0.980. The normalized spacial score (nSPS) is 11.8. The Morgan fingerprint density at radius 1 is 1.24 bits per heavy atom. The first-order valence-electron chi connectivity index (χ1n) is 7.74. The molecular weight excluding hydrogens is 318 g/mol. The number of nitrogens with zero attached hydrogens (tertiary/aromatic N) is 2. The minimum Gasteiger partial charge on any atom is -0.493 e. The summed E-state index contributed by atoms with van der Waals surface area (Å²) in [4.78, 5) is 12.4. The molecule has 0 saturated heterocycles. The average Bonchev–Trinajstić information content (AvgIpc) is 3.05. The number of nitrogens with one attached hydrogen (secondary N) is 1. The van der Waals surface area contributed by atoms with Crippen molar-refractivity contribution in [3.05, 3.63) is 35.5 Å². The number of ketones is 1. The highest BCUT2D eigenvalue weighted by Gasteiger charge is 2.25. The summed E-state index contributed by atoms with van der Waals surface area (Å²) in [5.41, 5.74) is 1.61. The molecule has 0 saturated carbocycles. The average molecular weight is 339 g/mol. The van der Waals surface area contributed by atoms with Crippen molar-refractivity contribution in [2.45, 2.75) is 20.8 Å². The number of ether oxygens (including phenoxy) is 2. The van der Waals surface area contributed by atoms with Crippen molar-refractivity contribution >= 4 is 11.9 Å². The molecule has 0 bridgehead atoms. The lowest BCUT2D eigenvalue weighted by molar-refractivity contribution is -0.121. The van der Waals surface area contributed by atoms with E-state index in [2.05, 4.69) is 10.2 Å². The second-order valence-electron chi connectivity index (χ2n) is 6.52. The Kier molecular flexibility index (Phi) is 5.28. The van der Waals surface area contributed by atoms with Gasteiger partial charge in [-0.1, -0.05) is 20.8 Å². The molecule has 0 fully saturated rings. The molecule has 1 heterocycles. The van der Waals surface area contributed by atoms with Crippen molar-refractivity contribution in [3.8, 4) is 28.8 Å². The highest BCUT2D eigenvalue weighted by Crippen LogP contribution is 2.33. The van der Waals surface area contributed by atoms with Crippen LogP contribution in [0.4, 0.5) is 0 Å². The van der Waals surface area contributed by atoms with Crippen LogP contribution in [0, 0.1) is 16.7 Å². The number of Topliss-reactive ketones (excluding diaryl/α,β-unsaturated/α-hetero) is 1. The van der Waals surface area contributed by atoms with Gasteiger partial charge in [-0.3, -0.25) is 9.89 Å². The van der Waals surface area contributed by atoms with E-state index in [1.807, 2.05) is 12.1 Å². The van der Waals surface area contributed by atoms with Crippen LogP contribution in [0.5, 0.6) is 11.5 Å². The third-order valence-electron chi connectivity index (χ3n) is 3.69. The number of aromatic amines is 1. The Bertz CT molecular complexity index is 852. The first kappa shape index (κ1) is 18.3. The van der Waals surface area contributed by atoms with Gasteiger partial charge in [0, 0.05) is 16.5 Å². The number of methoxy groups -OCH3 is 2. The minimum atomic E-state index is -0.630. The number of hydrogen-bond donors (Lipinski definition) is 1. The molecule has 25 heavy (non-hydrogen) atoms. The number of carbonyl (C=O) groups excluding carboxylic acids is 1. The fourth-order valence-corrected chi connectivity index (χ4v) is 2.34. The lowest BCUT2D eigenvalue weighted by atomic mass is 9.86. The van der Waals surface area contributed by atoms with E-state index < -0.39 is 5.41 Å². The van der Waals surface area contributed by atoms with Crippen LogP contribution in [-0.4, -0.2) is 30.2 Å². The predicted molar refractivity (Wildman–Crippen MR) is 95.2 cm³/mol. The van der Waals surface area contributed by atoms with E-state index in [1.54, 1.807) is 59.4 Å². The summed E-state index contributed by atoms with van der Waals surface area (Å²) in [6, 6.07) is 7.43. The molecule has 6 heteroatoms. The van der Waals surface area contributed by atoms with Crippen LogP contribution in [0.1, 0.15) is 26.3 Å². The summed E-state index contributed by atoms with van der Waals surface area (Å²) in [5, 5.41) is 16.3. The number of allylic oxidation sites excluding steroid dienone is 1. The van der Waals surface area contributed by atoms with E-state index in [0.29, 0.717) is 22.8 Å². The molecular formula is C19H21N3O3. The number of carbonyl (C=O) groups is 1. The molecule has 130 valence electrons. The Morgan fingerprint density at radius 2 is 1.92 bits per heavy atom. The van der Waals surface area contributed by atoms with Crippen LogP contribution < -0.4 is 9.47 Å². The van der Waals surface area contributed by atoms with E-state index in [-0.39, 0.29) is 11.4 Å². The fraction of sp³-hybridized carbons (Fsp3) is 0.316. The Morgan fingerprint density at radius 3 is 2.48 bits per heavy atom. The van der Waals surface area contributed by atoms with Crippen LogP contribution in [0.3, 0.4) is 0 Å².